The van der Waals surface area contributed by atoms with Crippen LogP contribution in [0.3, 0.4) is 0 Å². The lowest BCUT2D eigenvalue weighted by Gasteiger charge is -2.27. The van der Waals surface area contributed by atoms with Crippen molar-refractivity contribution < 1.29 is 4.79 Å². The van der Waals surface area contributed by atoms with Crippen molar-refractivity contribution in [2.75, 3.05) is 13.1 Å². The van der Waals surface area contributed by atoms with Crippen LogP contribution < -0.4 is 5.73 Å². The van der Waals surface area contributed by atoms with Crippen molar-refractivity contribution in [3.8, 4) is 0 Å². The number of likely N-dealkylation sites (tertiary alicyclic amines) is 1. The number of benzene rings is 1. The van der Waals surface area contributed by atoms with Gasteiger partial charge >= 0.3 is 0 Å². The summed E-state index contributed by atoms with van der Waals surface area (Å²) in [6, 6.07) is 5.68. The van der Waals surface area contributed by atoms with E-state index >= 15 is 0 Å². The first-order valence-electron chi connectivity index (χ1n) is 7.04. The summed E-state index contributed by atoms with van der Waals surface area (Å²) >= 11 is 9.35. The number of rotatable bonds is 1. The minimum absolute atomic E-state index is 0.102. The molecule has 3 atom stereocenters. The smallest absolute Gasteiger partial charge is 0.253 e. The Kier molecular flexibility index (Phi) is 4.07. The van der Waals surface area contributed by atoms with Crippen molar-refractivity contribution in [2.24, 2.45) is 17.6 Å². The van der Waals surface area contributed by atoms with Gasteiger partial charge in [0.2, 0.25) is 0 Å². The third kappa shape index (κ3) is 2.74. The number of amides is 1. The molecular weight excluding hydrogens is 340 g/mol. The number of hydrogen-bond acceptors (Lipinski definition) is 2. The zero-order valence-corrected chi connectivity index (χ0v) is 13.5. The molecule has 1 amide bonds. The Labute approximate surface area is 132 Å². The molecule has 1 aliphatic carbocycles. The van der Waals surface area contributed by atoms with Gasteiger partial charge < -0.3 is 10.6 Å². The van der Waals surface area contributed by atoms with Crippen LogP contribution in [0.15, 0.2) is 22.7 Å². The van der Waals surface area contributed by atoms with Crippen LogP contribution in [0, 0.1) is 11.8 Å². The van der Waals surface area contributed by atoms with Crippen LogP contribution in [0.2, 0.25) is 5.02 Å². The average molecular weight is 358 g/mol. The molecule has 2 fully saturated rings. The molecule has 1 unspecified atom stereocenters. The SMILES string of the molecule is NC1CC[C@@H]2CN(C(=O)c3ccc(Cl)c(Br)c3)C[C@@H]2C1. The Morgan fingerprint density at radius 3 is 2.80 bits per heavy atom. The number of carbonyl (C=O) groups is 1. The van der Waals surface area contributed by atoms with Gasteiger partial charge in [0.15, 0.2) is 0 Å². The van der Waals surface area contributed by atoms with Crippen molar-refractivity contribution in [1.82, 2.24) is 4.90 Å². The van der Waals surface area contributed by atoms with Crippen LogP contribution in [0.4, 0.5) is 0 Å². The summed E-state index contributed by atoms with van der Waals surface area (Å²) in [5, 5.41) is 0.627. The topological polar surface area (TPSA) is 46.3 Å². The van der Waals surface area contributed by atoms with Gasteiger partial charge in [0.05, 0.1) is 5.02 Å². The molecule has 2 N–H and O–H groups in total. The minimum atomic E-state index is 0.102. The zero-order valence-electron chi connectivity index (χ0n) is 11.2. The fourth-order valence-electron chi connectivity index (χ4n) is 3.45. The number of nitrogens with two attached hydrogens (primary N) is 1. The van der Waals surface area contributed by atoms with Gasteiger partial charge in [0.25, 0.3) is 5.91 Å². The molecule has 5 heteroatoms. The molecule has 1 heterocycles. The molecule has 3 nitrogen and oxygen atoms in total. The van der Waals surface area contributed by atoms with Gasteiger partial charge in [-0.05, 0) is 65.2 Å². The Balaban J connectivity index is 1.73. The van der Waals surface area contributed by atoms with E-state index in [-0.39, 0.29) is 5.91 Å². The van der Waals surface area contributed by atoms with Crippen molar-refractivity contribution in [3.63, 3.8) is 0 Å². The van der Waals surface area contributed by atoms with Gasteiger partial charge in [-0.3, -0.25) is 4.79 Å². The molecule has 1 aromatic rings. The normalized spacial score (nSPS) is 29.4. The third-order valence-corrected chi connectivity index (χ3v) is 5.76. The largest absolute Gasteiger partial charge is 0.338 e. The average Bonchev–Trinajstić information content (AvgIpc) is 2.84. The number of halogens is 2. The van der Waals surface area contributed by atoms with Crippen LogP contribution in [0.25, 0.3) is 0 Å². The first-order valence-corrected chi connectivity index (χ1v) is 8.21. The van der Waals surface area contributed by atoms with E-state index in [9.17, 15) is 4.79 Å². The molecule has 1 aliphatic heterocycles. The maximum absolute atomic E-state index is 12.6. The van der Waals surface area contributed by atoms with E-state index in [1.807, 2.05) is 4.90 Å². The molecule has 1 saturated carbocycles. The standard InChI is InChI=1S/C15H18BrClN2O/c16-13-6-9(2-4-14(13)17)15(20)19-7-10-1-3-12(18)5-11(10)8-19/h2,4,6,10-12H,1,3,5,7-8,18H2/t10-,11+,12?/m1/s1. The molecule has 2 aliphatic rings. The molecule has 1 aromatic carbocycles. The predicted molar refractivity (Wildman–Crippen MR) is 83.9 cm³/mol. The van der Waals surface area contributed by atoms with Crippen LogP contribution in [0.5, 0.6) is 0 Å². The van der Waals surface area contributed by atoms with E-state index in [0.29, 0.717) is 28.5 Å². The highest BCUT2D eigenvalue weighted by atomic mass is 79.9. The summed E-state index contributed by atoms with van der Waals surface area (Å²) in [5.74, 6) is 1.32. The Hall–Kier alpha value is -0.580. The molecular formula is C15H18BrClN2O. The second kappa shape index (κ2) is 5.66. The number of hydrogen-bond donors (Lipinski definition) is 1. The molecule has 1 saturated heterocycles. The van der Waals surface area contributed by atoms with Crippen molar-refractivity contribution in [3.05, 3.63) is 33.3 Å². The van der Waals surface area contributed by atoms with Gasteiger partial charge in [-0.25, -0.2) is 0 Å². The highest BCUT2D eigenvalue weighted by Gasteiger charge is 2.38. The minimum Gasteiger partial charge on any atom is -0.338 e. The van der Waals surface area contributed by atoms with Crippen molar-refractivity contribution >= 4 is 33.4 Å². The lowest BCUT2D eigenvalue weighted by atomic mass is 9.79. The molecule has 0 bridgehead atoms. The number of carbonyl (C=O) groups excluding carboxylic acids is 1. The molecule has 20 heavy (non-hydrogen) atoms. The molecule has 0 radical (unpaired) electrons. The zero-order chi connectivity index (χ0) is 14.3. The highest BCUT2D eigenvalue weighted by Crippen LogP contribution is 2.36. The lowest BCUT2D eigenvalue weighted by Crippen LogP contribution is -2.32. The van der Waals surface area contributed by atoms with E-state index < -0.39 is 0 Å². The number of nitrogens with zero attached hydrogens (tertiary/aromatic N) is 1. The van der Waals surface area contributed by atoms with E-state index in [0.717, 1.165) is 36.8 Å². The monoisotopic (exact) mass is 356 g/mol. The van der Waals surface area contributed by atoms with Gasteiger partial charge in [-0.2, -0.15) is 0 Å². The van der Waals surface area contributed by atoms with E-state index in [1.54, 1.807) is 18.2 Å². The second-order valence-electron chi connectivity index (χ2n) is 5.93. The maximum atomic E-state index is 12.6. The van der Waals surface area contributed by atoms with Gasteiger partial charge in [0, 0.05) is 29.2 Å². The summed E-state index contributed by atoms with van der Waals surface area (Å²) in [6.07, 6.45) is 3.30. The van der Waals surface area contributed by atoms with Gasteiger partial charge in [-0.1, -0.05) is 11.6 Å². The first-order chi connectivity index (χ1) is 9.54. The third-order valence-electron chi connectivity index (χ3n) is 4.54. The van der Waals surface area contributed by atoms with E-state index in [1.165, 1.54) is 0 Å². The van der Waals surface area contributed by atoms with Crippen molar-refractivity contribution in [2.45, 2.75) is 25.3 Å². The Bertz CT molecular complexity index is 537. The summed E-state index contributed by atoms with van der Waals surface area (Å²) in [7, 11) is 0. The summed E-state index contributed by atoms with van der Waals surface area (Å²) in [6.45, 7) is 1.72. The Morgan fingerprint density at radius 1 is 1.30 bits per heavy atom. The fraction of sp³-hybridized carbons (Fsp3) is 0.533. The van der Waals surface area contributed by atoms with Crippen LogP contribution >= 0.6 is 27.5 Å². The van der Waals surface area contributed by atoms with Crippen LogP contribution in [-0.2, 0) is 0 Å². The van der Waals surface area contributed by atoms with Crippen LogP contribution in [-0.4, -0.2) is 29.9 Å². The molecule has 0 spiro atoms. The first kappa shape index (κ1) is 14.4. The second-order valence-corrected chi connectivity index (χ2v) is 7.19. The fourth-order valence-corrected chi connectivity index (χ4v) is 3.94. The summed E-state index contributed by atoms with van der Waals surface area (Å²) in [5.41, 5.74) is 6.73. The van der Waals surface area contributed by atoms with Gasteiger partial charge in [0.1, 0.15) is 0 Å². The quantitative estimate of drug-likeness (QED) is 0.838. The summed E-state index contributed by atoms with van der Waals surface area (Å²) in [4.78, 5) is 14.5. The molecule has 108 valence electrons. The van der Waals surface area contributed by atoms with E-state index in [2.05, 4.69) is 15.9 Å². The van der Waals surface area contributed by atoms with Crippen molar-refractivity contribution in [1.29, 1.82) is 0 Å². The van der Waals surface area contributed by atoms with Gasteiger partial charge in [-0.15, -0.1) is 0 Å². The molecule has 0 aromatic heterocycles. The summed E-state index contributed by atoms with van der Waals surface area (Å²) < 4.78 is 0.767. The predicted octanol–water partition coefficient (Wildman–Crippen LogP) is 3.30. The molecule has 3 rings (SSSR count). The number of fused-ring (bicyclic) bond motifs is 1. The van der Waals surface area contributed by atoms with E-state index in [4.69, 9.17) is 17.3 Å². The Morgan fingerprint density at radius 2 is 2.05 bits per heavy atom. The van der Waals surface area contributed by atoms with Crippen LogP contribution in [0.1, 0.15) is 29.6 Å². The highest BCUT2D eigenvalue weighted by molar-refractivity contribution is 9.10. The lowest BCUT2D eigenvalue weighted by molar-refractivity contribution is 0.0784. The maximum Gasteiger partial charge on any atom is 0.253 e.